The first-order chi connectivity index (χ1) is 8.27. The Morgan fingerprint density at radius 3 is 2.94 bits per heavy atom. The van der Waals surface area contributed by atoms with E-state index in [2.05, 4.69) is 10.1 Å². The topological polar surface area (TPSA) is 104 Å². The monoisotopic (exact) mass is 245 g/mol. The molecule has 3 N–H and O–H groups in total. The maximum absolute atomic E-state index is 9.55. The maximum Gasteiger partial charge on any atom is 0.255 e. The summed E-state index contributed by atoms with van der Waals surface area (Å²) in [5.41, 5.74) is 5.32. The zero-order chi connectivity index (χ0) is 12.5. The fraction of sp³-hybridized carbons (Fsp3) is 0.800. The molecule has 0 saturated heterocycles. The number of nitrogens with zero attached hydrogens (tertiary/aromatic N) is 2. The number of aliphatic hydroxyl groups is 1. The Kier molecular flexibility index (Phi) is 6.71. The zero-order valence-electron chi connectivity index (χ0n) is 9.96. The van der Waals surface area contributed by atoms with Gasteiger partial charge in [0.15, 0.2) is 5.82 Å². The van der Waals surface area contributed by atoms with Gasteiger partial charge in [-0.1, -0.05) is 5.16 Å². The molecule has 0 aromatic carbocycles. The Morgan fingerprint density at radius 2 is 2.24 bits per heavy atom. The maximum atomic E-state index is 9.55. The summed E-state index contributed by atoms with van der Waals surface area (Å²) >= 11 is 0. The van der Waals surface area contributed by atoms with Crippen LogP contribution in [0, 0.1) is 0 Å². The van der Waals surface area contributed by atoms with Crippen molar-refractivity contribution in [3.05, 3.63) is 11.7 Å². The standard InChI is InChI=1S/C10H19N3O4/c1-15-6-7-16-5-3-9-12-10(17-13-9)8(14)2-4-11/h8,14H,2-7,11H2,1H3. The summed E-state index contributed by atoms with van der Waals surface area (Å²) in [5, 5.41) is 13.3. The minimum Gasteiger partial charge on any atom is -0.383 e. The third kappa shape index (κ3) is 5.22. The van der Waals surface area contributed by atoms with E-state index in [1.54, 1.807) is 7.11 Å². The van der Waals surface area contributed by atoms with E-state index in [9.17, 15) is 5.11 Å². The van der Waals surface area contributed by atoms with E-state index < -0.39 is 6.10 Å². The van der Waals surface area contributed by atoms with Crippen LogP contribution in [-0.4, -0.2) is 48.7 Å². The molecular weight excluding hydrogens is 226 g/mol. The number of hydrogen-bond donors (Lipinski definition) is 2. The fourth-order valence-electron chi connectivity index (χ4n) is 1.19. The molecule has 0 aliphatic rings. The SMILES string of the molecule is COCCOCCc1noc(C(O)CCN)n1. The van der Waals surface area contributed by atoms with Crippen molar-refractivity contribution in [1.29, 1.82) is 0 Å². The molecule has 0 amide bonds. The van der Waals surface area contributed by atoms with Crippen molar-refractivity contribution >= 4 is 0 Å². The normalized spacial score (nSPS) is 12.9. The van der Waals surface area contributed by atoms with Crippen molar-refractivity contribution in [3.8, 4) is 0 Å². The van der Waals surface area contributed by atoms with Crippen molar-refractivity contribution in [2.45, 2.75) is 18.9 Å². The van der Waals surface area contributed by atoms with Gasteiger partial charge in [0, 0.05) is 13.5 Å². The minimum absolute atomic E-state index is 0.211. The molecule has 1 aromatic rings. The highest BCUT2D eigenvalue weighted by Crippen LogP contribution is 2.13. The quantitative estimate of drug-likeness (QED) is 0.573. The Morgan fingerprint density at radius 1 is 1.41 bits per heavy atom. The molecule has 1 heterocycles. The van der Waals surface area contributed by atoms with Crippen LogP contribution in [-0.2, 0) is 15.9 Å². The second-order valence-corrected chi connectivity index (χ2v) is 3.50. The molecule has 0 spiro atoms. The molecule has 17 heavy (non-hydrogen) atoms. The van der Waals surface area contributed by atoms with Crippen LogP contribution in [0.5, 0.6) is 0 Å². The number of methoxy groups -OCH3 is 1. The van der Waals surface area contributed by atoms with Crippen LogP contribution in [0.4, 0.5) is 0 Å². The highest BCUT2D eigenvalue weighted by molar-refractivity contribution is 4.90. The Bertz CT molecular complexity index is 305. The molecule has 1 aromatic heterocycles. The third-order valence-electron chi connectivity index (χ3n) is 2.11. The summed E-state index contributed by atoms with van der Waals surface area (Å²) in [5.74, 6) is 0.732. The average Bonchev–Trinajstić information content (AvgIpc) is 2.78. The van der Waals surface area contributed by atoms with E-state index in [-0.39, 0.29) is 5.89 Å². The second-order valence-electron chi connectivity index (χ2n) is 3.50. The van der Waals surface area contributed by atoms with Crippen LogP contribution in [0.3, 0.4) is 0 Å². The molecule has 1 unspecified atom stereocenters. The predicted octanol–water partition coefficient (Wildman–Crippen LogP) is -0.343. The summed E-state index contributed by atoms with van der Waals surface area (Å²) in [6, 6.07) is 0. The smallest absolute Gasteiger partial charge is 0.255 e. The van der Waals surface area contributed by atoms with Crippen LogP contribution in [0.2, 0.25) is 0 Å². The van der Waals surface area contributed by atoms with Gasteiger partial charge in [-0.2, -0.15) is 4.98 Å². The molecule has 0 saturated carbocycles. The molecule has 0 radical (unpaired) electrons. The van der Waals surface area contributed by atoms with E-state index in [1.165, 1.54) is 0 Å². The van der Waals surface area contributed by atoms with Gasteiger partial charge in [-0.05, 0) is 13.0 Å². The Labute approximate surface area is 99.9 Å². The van der Waals surface area contributed by atoms with Gasteiger partial charge in [0.25, 0.3) is 5.89 Å². The van der Waals surface area contributed by atoms with Crippen molar-refractivity contribution in [2.75, 3.05) is 33.5 Å². The molecule has 98 valence electrons. The van der Waals surface area contributed by atoms with Gasteiger partial charge in [0.2, 0.25) is 0 Å². The number of hydrogen-bond acceptors (Lipinski definition) is 7. The first-order valence-corrected chi connectivity index (χ1v) is 5.55. The third-order valence-corrected chi connectivity index (χ3v) is 2.11. The minimum atomic E-state index is -0.782. The largest absolute Gasteiger partial charge is 0.383 e. The molecular formula is C10H19N3O4. The number of rotatable bonds is 9. The van der Waals surface area contributed by atoms with Gasteiger partial charge in [0.1, 0.15) is 6.10 Å². The number of ether oxygens (including phenoxy) is 2. The van der Waals surface area contributed by atoms with E-state index >= 15 is 0 Å². The lowest BCUT2D eigenvalue weighted by Crippen LogP contribution is -2.07. The van der Waals surface area contributed by atoms with Gasteiger partial charge >= 0.3 is 0 Å². The summed E-state index contributed by atoms with van der Waals surface area (Å²) in [4.78, 5) is 4.05. The van der Waals surface area contributed by atoms with Crippen LogP contribution in [0.15, 0.2) is 4.52 Å². The van der Waals surface area contributed by atoms with Gasteiger partial charge < -0.3 is 24.8 Å². The second kappa shape index (κ2) is 8.13. The van der Waals surface area contributed by atoms with Crippen molar-refractivity contribution in [2.24, 2.45) is 5.73 Å². The van der Waals surface area contributed by atoms with Gasteiger partial charge in [-0.3, -0.25) is 0 Å². The highest BCUT2D eigenvalue weighted by Gasteiger charge is 2.14. The first kappa shape index (κ1) is 14.0. The first-order valence-electron chi connectivity index (χ1n) is 5.55. The molecule has 0 aliphatic carbocycles. The lowest BCUT2D eigenvalue weighted by molar-refractivity contribution is 0.0714. The molecule has 0 bridgehead atoms. The fourth-order valence-corrected chi connectivity index (χ4v) is 1.19. The number of aromatic nitrogens is 2. The van der Waals surface area contributed by atoms with E-state index in [0.29, 0.717) is 45.0 Å². The number of aliphatic hydroxyl groups excluding tert-OH is 1. The van der Waals surface area contributed by atoms with Crippen LogP contribution in [0.25, 0.3) is 0 Å². The van der Waals surface area contributed by atoms with Gasteiger partial charge in [0.05, 0.1) is 19.8 Å². The van der Waals surface area contributed by atoms with Gasteiger partial charge in [-0.25, -0.2) is 0 Å². The van der Waals surface area contributed by atoms with Crippen molar-refractivity contribution in [3.63, 3.8) is 0 Å². The molecule has 0 aliphatic heterocycles. The van der Waals surface area contributed by atoms with Crippen LogP contribution in [0.1, 0.15) is 24.2 Å². The summed E-state index contributed by atoms with van der Waals surface area (Å²) < 4.78 is 15.0. The Balaban J connectivity index is 2.25. The summed E-state index contributed by atoms with van der Waals surface area (Å²) in [7, 11) is 1.62. The predicted molar refractivity (Wildman–Crippen MR) is 59.3 cm³/mol. The van der Waals surface area contributed by atoms with Crippen LogP contribution < -0.4 is 5.73 Å². The Hall–Kier alpha value is -1.02. The van der Waals surface area contributed by atoms with Crippen molar-refractivity contribution in [1.82, 2.24) is 10.1 Å². The average molecular weight is 245 g/mol. The van der Waals surface area contributed by atoms with Gasteiger partial charge in [-0.15, -0.1) is 0 Å². The zero-order valence-corrected chi connectivity index (χ0v) is 9.96. The van der Waals surface area contributed by atoms with Crippen LogP contribution >= 0.6 is 0 Å². The summed E-state index contributed by atoms with van der Waals surface area (Å²) in [6.45, 7) is 1.97. The lowest BCUT2D eigenvalue weighted by atomic mass is 10.2. The van der Waals surface area contributed by atoms with E-state index in [4.69, 9.17) is 19.7 Å². The molecule has 7 heteroatoms. The molecule has 0 fully saturated rings. The summed E-state index contributed by atoms with van der Waals surface area (Å²) in [6.07, 6.45) is 0.171. The van der Waals surface area contributed by atoms with Crippen molar-refractivity contribution < 1.29 is 19.1 Å². The number of nitrogens with two attached hydrogens (primary N) is 1. The van der Waals surface area contributed by atoms with E-state index in [1.807, 2.05) is 0 Å². The molecule has 1 rings (SSSR count). The highest BCUT2D eigenvalue weighted by atomic mass is 16.5. The molecule has 7 nitrogen and oxygen atoms in total. The molecule has 1 atom stereocenters. The van der Waals surface area contributed by atoms with E-state index in [0.717, 1.165) is 0 Å². The lowest BCUT2D eigenvalue weighted by Gasteiger charge is -2.01.